The molecule has 2 aromatic carbocycles. The van der Waals surface area contributed by atoms with Crippen molar-refractivity contribution >= 4 is 28.3 Å². The largest absolute Gasteiger partial charge is 0.493 e. The van der Waals surface area contributed by atoms with Crippen molar-refractivity contribution in [1.82, 2.24) is 14.9 Å². The second-order valence-electron chi connectivity index (χ2n) is 8.04. The SMILES string of the molecule is C#Cc1cc(Cl)cc2c1OC(Nc1ncnc3cc(OCCCN4CCOCC4)c(OC)cc13)O2. The zero-order chi connectivity index (χ0) is 24.2. The number of ether oxygens (including phenoxy) is 5. The monoisotopic (exact) mass is 496 g/mol. The summed E-state index contributed by atoms with van der Waals surface area (Å²) in [6, 6.07) is 6.99. The fourth-order valence-corrected chi connectivity index (χ4v) is 4.26. The summed E-state index contributed by atoms with van der Waals surface area (Å²) >= 11 is 6.12. The van der Waals surface area contributed by atoms with E-state index in [1.54, 1.807) is 19.2 Å². The lowest BCUT2D eigenvalue weighted by Crippen LogP contribution is -2.37. The number of fused-ring (bicyclic) bond motifs is 2. The van der Waals surface area contributed by atoms with Crippen LogP contribution < -0.4 is 24.3 Å². The smallest absolute Gasteiger partial charge is 0.326 e. The summed E-state index contributed by atoms with van der Waals surface area (Å²) < 4.78 is 28.7. The minimum Gasteiger partial charge on any atom is -0.493 e. The predicted octanol–water partition coefficient (Wildman–Crippen LogP) is 3.54. The lowest BCUT2D eigenvalue weighted by atomic mass is 10.2. The van der Waals surface area contributed by atoms with Crippen LogP contribution in [0.1, 0.15) is 12.0 Å². The number of hydrogen-bond acceptors (Lipinski definition) is 9. The molecule has 1 aromatic heterocycles. The number of nitrogens with one attached hydrogen (secondary N) is 1. The third kappa shape index (κ3) is 5.15. The average molecular weight is 497 g/mol. The van der Waals surface area contributed by atoms with Gasteiger partial charge in [-0.05, 0) is 18.6 Å². The van der Waals surface area contributed by atoms with Crippen molar-refractivity contribution in [3.05, 3.63) is 41.2 Å². The van der Waals surface area contributed by atoms with Gasteiger partial charge in [0.05, 0.1) is 38.0 Å². The summed E-state index contributed by atoms with van der Waals surface area (Å²) in [5.74, 6) is 5.20. The second kappa shape index (κ2) is 10.4. The Morgan fingerprint density at radius 3 is 2.83 bits per heavy atom. The van der Waals surface area contributed by atoms with Crippen molar-refractivity contribution in [3.8, 4) is 35.3 Å². The van der Waals surface area contributed by atoms with Gasteiger partial charge in [0.1, 0.15) is 12.1 Å². The van der Waals surface area contributed by atoms with Crippen molar-refractivity contribution in [2.75, 3.05) is 51.9 Å². The molecule has 1 N–H and O–H groups in total. The van der Waals surface area contributed by atoms with E-state index in [2.05, 4.69) is 26.1 Å². The predicted molar refractivity (Wildman–Crippen MR) is 132 cm³/mol. The van der Waals surface area contributed by atoms with Crippen LogP contribution in [0.5, 0.6) is 23.0 Å². The van der Waals surface area contributed by atoms with Gasteiger partial charge in [0.2, 0.25) is 0 Å². The molecule has 0 bridgehead atoms. The maximum Gasteiger partial charge on any atom is 0.326 e. The molecule has 5 rings (SSSR count). The average Bonchev–Trinajstić information content (AvgIpc) is 3.28. The number of halogens is 1. The summed E-state index contributed by atoms with van der Waals surface area (Å²) in [4.78, 5) is 11.1. The summed E-state index contributed by atoms with van der Waals surface area (Å²) in [6.07, 6.45) is 7.10. The highest BCUT2D eigenvalue weighted by molar-refractivity contribution is 6.31. The zero-order valence-electron chi connectivity index (χ0n) is 19.3. The van der Waals surface area contributed by atoms with Gasteiger partial charge in [-0.1, -0.05) is 17.5 Å². The van der Waals surface area contributed by atoms with E-state index >= 15 is 0 Å². The molecular formula is C25H25ClN4O5. The highest BCUT2D eigenvalue weighted by Crippen LogP contribution is 2.41. The summed E-state index contributed by atoms with van der Waals surface area (Å²) in [6.45, 7) is 5.03. The summed E-state index contributed by atoms with van der Waals surface area (Å²) in [7, 11) is 1.60. The van der Waals surface area contributed by atoms with Crippen LogP contribution in [0.3, 0.4) is 0 Å². The van der Waals surface area contributed by atoms with E-state index in [-0.39, 0.29) is 0 Å². The Hall–Kier alpha value is -3.45. The Labute approximate surface area is 208 Å². The van der Waals surface area contributed by atoms with Crippen LogP contribution in [0.2, 0.25) is 5.02 Å². The topological polar surface area (TPSA) is 87.2 Å². The van der Waals surface area contributed by atoms with E-state index in [1.807, 2.05) is 12.1 Å². The van der Waals surface area contributed by atoms with Crippen LogP contribution in [-0.4, -0.2) is 67.8 Å². The number of rotatable bonds is 8. The fraction of sp³-hybridized carbons (Fsp3) is 0.360. The molecule has 3 heterocycles. The van der Waals surface area contributed by atoms with Crippen LogP contribution in [0.25, 0.3) is 10.9 Å². The number of terminal acetylenes is 1. The van der Waals surface area contributed by atoms with Crippen LogP contribution in [0.15, 0.2) is 30.6 Å². The highest BCUT2D eigenvalue weighted by atomic mass is 35.5. The van der Waals surface area contributed by atoms with E-state index in [9.17, 15) is 0 Å². The van der Waals surface area contributed by atoms with Crippen molar-refractivity contribution < 1.29 is 23.7 Å². The second-order valence-corrected chi connectivity index (χ2v) is 8.47. The molecule has 10 heteroatoms. The summed E-state index contributed by atoms with van der Waals surface area (Å²) in [5.41, 5.74) is 1.20. The van der Waals surface area contributed by atoms with Crippen LogP contribution >= 0.6 is 11.6 Å². The van der Waals surface area contributed by atoms with Crippen LogP contribution in [0.4, 0.5) is 5.82 Å². The van der Waals surface area contributed by atoms with E-state index in [4.69, 9.17) is 41.7 Å². The Bertz CT molecular complexity index is 1260. The van der Waals surface area contributed by atoms with Crippen molar-refractivity contribution in [3.63, 3.8) is 0 Å². The molecule has 0 amide bonds. The number of anilines is 1. The van der Waals surface area contributed by atoms with E-state index < -0.39 is 6.41 Å². The van der Waals surface area contributed by atoms with Crippen molar-refractivity contribution in [1.29, 1.82) is 0 Å². The molecule has 1 unspecified atom stereocenters. The van der Waals surface area contributed by atoms with Gasteiger partial charge >= 0.3 is 6.41 Å². The Morgan fingerprint density at radius 1 is 1.17 bits per heavy atom. The molecule has 0 saturated carbocycles. The fourth-order valence-electron chi connectivity index (χ4n) is 4.05. The first kappa shape index (κ1) is 23.3. The lowest BCUT2D eigenvalue weighted by molar-refractivity contribution is 0.0357. The number of nitrogens with zero attached hydrogens (tertiary/aromatic N) is 3. The minimum absolute atomic E-state index is 0.457. The lowest BCUT2D eigenvalue weighted by Gasteiger charge is -2.26. The van der Waals surface area contributed by atoms with Crippen molar-refractivity contribution in [2.45, 2.75) is 12.8 Å². The Balaban J connectivity index is 1.29. The number of methoxy groups -OCH3 is 1. The van der Waals surface area contributed by atoms with Gasteiger partial charge in [-0.25, -0.2) is 9.97 Å². The molecule has 0 spiro atoms. The molecule has 9 nitrogen and oxygen atoms in total. The first-order valence-electron chi connectivity index (χ1n) is 11.3. The molecule has 3 aromatic rings. The molecule has 2 aliphatic heterocycles. The van der Waals surface area contributed by atoms with Gasteiger partial charge in [0, 0.05) is 42.2 Å². The highest BCUT2D eigenvalue weighted by Gasteiger charge is 2.28. The maximum absolute atomic E-state index is 6.12. The van der Waals surface area contributed by atoms with Gasteiger partial charge < -0.3 is 29.0 Å². The van der Waals surface area contributed by atoms with Gasteiger partial charge in [-0.3, -0.25) is 4.90 Å². The Morgan fingerprint density at radius 2 is 2.03 bits per heavy atom. The molecule has 2 aliphatic rings. The molecule has 1 atom stereocenters. The van der Waals surface area contributed by atoms with E-state index in [1.165, 1.54) is 6.33 Å². The number of benzene rings is 2. The third-order valence-electron chi connectivity index (χ3n) is 5.79. The van der Waals surface area contributed by atoms with Gasteiger partial charge in [0.25, 0.3) is 0 Å². The molecule has 1 saturated heterocycles. The standard InChI is InChI=1S/C25H25ClN4O5/c1-3-16-11-17(26)12-22-23(16)35-25(34-22)29-24-18-13-20(31-2)21(14-19(18)27-15-28-24)33-8-4-5-30-6-9-32-10-7-30/h1,11-15,25H,4-10H2,2H3,(H,27,28,29). The molecule has 0 aliphatic carbocycles. The molecule has 1 fully saturated rings. The van der Waals surface area contributed by atoms with Gasteiger partial charge in [-0.2, -0.15) is 0 Å². The molecule has 0 radical (unpaired) electrons. The minimum atomic E-state index is -0.837. The number of aromatic nitrogens is 2. The quantitative estimate of drug-likeness (QED) is 0.371. The van der Waals surface area contributed by atoms with Crippen LogP contribution in [0, 0.1) is 12.3 Å². The molecule has 182 valence electrons. The first-order valence-corrected chi connectivity index (χ1v) is 11.7. The van der Waals surface area contributed by atoms with Crippen LogP contribution in [-0.2, 0) is 4.74 Å². The Kier molecular flexibility index (Phi) is 6.95. The van der Waals surface area contributed by atoms with Gasteiger partial charge in [0.15, 0.2) is 23.0 Å². The van der Waals surface area contributed by atoms with E-state index in [0.717, 1.165) is 44.7 Å². The van der Waals surface area contributed by atoms with Crippen molar-refractivity contribution in [2.24, 2.45) is 0 Å². The zero-order valence-corrected chi connectivity index (χ0v) is 20.0. The number of morpholine rings is 1. The van der Waals surface area contributed by atoms with Gasteiger partial charge in [-0.15, -0.1) is 6.42 Å². The summed E-state index contributed by atoms with van der Waals surface area (Å²) in [5, 5.41) is 4.34. The molecular weight excluding hydrogens is 472 g/mol. The number of hydrogen-bond donors (Lipinski definition) is 1. The third-order valence-corrected chi connectivity index (χ3v) is 6.01. The first-order chi connectivity index (χ1) is 17.1. The van der Waals surface area contributed by atoms with E-state index in [0.29, 0.717) is 51.5 Å². The normalized spacial score (nSPS) is 17.2. The maximum atomic E-state index is 6.12. The molecule has 35 heavy (non-hydrogen) atoms.